The number of aromatic nitrogens is 2. The molecule has 0 bridgehead atoms. The number of nitrogens with one attached hydrogen (secondary N) is 1. The number of carbonyl (C=O) groups excluding carboxylic acids is 2. The van der Waals surface area contributed by atoms with Crippen molar-refractivity contribution in [1.82, 2.24) is 9.97 Å². The maximum absolute atomic E-state index is 12.0. The second-order valence-corrected chi connectivity index (χ2v) is 4.27. The van der Waals surface area contributed by atoms with Gasteiger partial charge >= 0.3 is 6.01 Å². The molecule has 6 heteroatoms. The predicted octanol–water partition coefficient (Wildman–Crippen LogP) is 2.33. The van der Waals surface area contributed by atoms with Crippen LogP contribution >= 0.6 is 0 Å². The third-order valence-electron chi connectivity index (χ3n) is 2.71. The molecule has 1 aromatic heterocycles. The lowest BCUT2D eigenvalue weighted by molar-refractivity contribution is 0.100. The zero-order chi connectivity index (χ0) is 15.2. The van der Waals surface area contributed by atoms with E-state index in [-0.39, 0.29) is 17.7 Å². The van der Waals surface area contributed by atoms with E-state index in [1.54, 1.807) is 24.3 Å². The number of nitrogens with zero attached hydrogens (tertiary/aromatic N) is 2. The second-order valence-electron chi connectivity index (χ2n) is 4.27. The minimum Gasteiger partial charge on any atom is -0.464 e. The smallest absolute Gasteiger partial charge is 0.316 e. The molecule has 0 atom stereocenters. The summed E-state index contributed by atoms with van der Waals surface area (Å²) in [7, 11) is 0. The first-order valence-electron chi connectivity index (χ1n) is 6.47. The number of Topliss-reactive ketones (excluding diaryl/α,β-unsaturated/α-hetero) is 1. The van der Waals surface area contributed by atoms with Gasteiger partial charge in [-0.05, 0) is 26.0 Å². The van der Waals surface area contributed by atoms with Crippen LogP contribution in [-0.4, -0.2) is 28.3 Å². The highest BCUT2D eigenvalue weighted by molar-refractivity contribution is 6.04. The van der Waals surface area contributed by atoms with Crippen molar-refractivity contribution in [3.05, 3.63) is 47.8 Å². The second kappa shape index (κ2) is 6.60. The first-order valence-corrected chi connectivity index (χ1v) is 6.47. The molecule has 0 aliphatic heterocycles. The molecule has 0 fully saturated rings. The van der Waals surface area contributed by atoms with Gasteiger partial charge in [0.15, 0.2) is 5.78 Å². The van der Waals surface area contributed by atoms with Crippen molar-refractivity contribution >= 4 is 17.4 Å². The van der Waals surface area contributed by atoms with Crippen molar-refractivity contribution in [2.45, 2.75) is 13.8 Å². The molecule has 0 saturated heterocycles. The average Bonchev–Trinajstić information content (AvgIpc) is 2.49. The Balaban J connectivity index is 2.05. The summed E-state index contributed by atoms with van der Waals surface area (Å²) in [5, 5.41) is 2.67. The van der Waals surface area contributed by atoms with Crippen molar-refractivity contribution in [2.24, 2.45) is 0 Å². The Labute approximate surface area is 122 Å². The van der Waals surface area contributed by atoms with Crippen LogP contribution in [-0.2, 0) is 0 Å². The molecule has 6 nitrogen and oxygen atoms in total. The Bertz CT molecular complexity index is 636. The molecule has 1 N–H and O–H groups in total. The number of anilines is 1. The molecular formula is C15H15N3O3. The number of ketones is 1. The van der Waals surface area contributed by atoms with Gasteiger partial charge in [-0.25, -0.2) is 9.97 Å². The maximum atomic E-state index is 12.0. The molecular weight excluding hydrogens is 270 g/mol. The van der Waals surface area contributed by atoms with Gasteiger partial charge in [0.25, 0.3) is 5.91 Å². The Morgan fingerprint density at radius 1 is 1.10 bits per heavy atom. The molecule has 2 rings (SSSR count). The Hall–Kier alpha value is -2.76. The maximum Gasteiger partial charge on any atom is 0.316 e. The molecule has 0 spiro atoms. The molecule has 2 aromatic rings. The van der Waals surface area contributed by atoms with Crippen molar-refractivity contribution in [3.63, 3.8) is 0 Å². The van der Waals surface area contributed by atoms with Gasteiger partial charge in [0.05, 0.1) is 24.7 Å². The van der Waals surface area contributed by atoms with E-state index in [1.165, 1.54) is 19.3 Å². The minimum atomic E-state index is -0.294. The molecule has 0 aliphatic carbocycles. The fourth-order valence-electron chi connectivity index (χ4n) is 1.64. The van der Waals surface area contributed by atoms with E-state index in [0.29, 0.717) is 23.4 Å². The summed E-state index contributed by atoms with van der Waals surface area (Å²) in [5.74, 6) is -0.334. The van der Waals surface area contributed by atoms with Crippen LogP contribution in [0.25, 0.3) is 0 Å². The van der Waals surface area contributed by atoms with E-state index in [9.17, 15) is 9.59 Å². The SMILES string of the molecule is CCOc1ncc(NC(=O)c2ccc(C(C)=O)cc2)cn1. The van der Waals surface area contributed by atoms with Crippen LogP contribution in [0.3, 0.4) is 0 Å². The first-order chi connectivity index (χ1) is 10.1. The Morgan fingerprint density at radius 3 is 2.19 bits per heavy atom. The normalized spacial score (nSPS) is 10.0. The molecule has 0 aliphatic rings. The van der Waals surface area contributed by atoms with Gasteiger partial charge in [-0.2, -0.15) is 0 Å². The summed E-state index contributed by atoms with van der Waals surface area (Å²) in [4.78, 5) is 31.1. The first kappa shape index (κ1) is 14.6. The molecule has 1 heterocycles. The molecule has 0 radical (unpaired) electrons. The fraction of sp³-hybridized carbons (Fsp3) is 0.200. The molecule has 21 heavy (non-hydrogen) atoms. The van der Waals surface area contributed by atoms with Gasteiger partial charge in [0, 0.05) is 11.1 Å². The van der Waals surface area contributed by atoms with Crippen LogP contribution < -0.4 is 10.1 Å². The quantitative estimate of drug-likeness (QED) is 0.853. The third-order valence-corrected chi connectivity index (χ3v) is 2.71. The van der Waals surface area contributed by atoms with Crippen LogP contribution in [0, 0.1) is 0 Å². The average molecular weight is 285 g/mol. The molecule has 108 valence electrons. The summed E-state index contributed by atoms with van der Waals surface area (Å²) >= 11 is 0. The fourth-order valence-corrected chi connectivity index (χ4v) is 1.64. The lowest BCUT2D eigenvalue weighted by Crippen LogP contribution is -2.12. The monoisotopic (exact) mass is 285 g/mol. The summed E-state index contributed by atoms with van der Waals surface area (Å²) in [6.45, 7) is 3.80. The summed E-state index contributed by atoms with van der Waals surface area (Å²) < 4.78 is 5.12. The molecule has 0 saturated carbocycles. The topological polar surface area (TPSA) is 81.2 Å². The van der Waals surface area contributed by atoms with Crippen LogP contribution in [0.1, 0.15) is 34.6 Å². The van der Waals surface area contributed by atoms with E-state index in [2.05, 4.69) is 15.3 Å². The van der Waals surface area contributed by atoms with Gasteiger partial charge in [-0.1, -0.05) is 12.1 Å². The summed E-state index contributed by atoms with van der Waals surface area (Å²) in [6.07, 6.45) is 2.94. The van der Waals surface area contributed by atoms with E-state index < -0.39 is 0 Å². The number of hydrogen-bond acceptors (Lipinski definition) is 5. The highest BCUT2D eigenvalue weighted by Gasteiger charge is 2.08. The number of rotatable bonds is 5. The standard InChI is InChI=1S/C15H15N3O3/c1-3-21-15-16-8-13(9-17-15)18-14(20)12-6-4-11(5-7-12)10(2)19/h4-9H,3H2,1-2H3,(H,18,20). The number of ether oxygens (including phenoxy) is 1. The van der Waals surface area contributed by atoms with E-state index in [4.69, 9.17) is 4.74 Å². The van der Waals surface area contributed by atoms with Crippen LogP contribution in [0.5, 0.6) is 6.01 Å². The van der Waals surface area contributed by atoms with Gasteiger partial charge in [0.2, 0.25) is 0 Å². The van der Waals surface area contributed by atoms with Crippen molar-refractivity contribution in [3.8, 4) is 6.01 Å². The van der Waals surface area contributed by atoms with Crippen LogP contribution in [0.15, 0.2) is 36.7 Å². The predicted molar refractivity (Wildman–Crippen MR) is 77.6 cm³/mol. The molecule has 1 amide bonds. The largest absolute Gasteiger partial charge is 0.464 e. The molecule has 1 aromatic carbocycles. The zero-order valence-electron chi connectivity index (χ0n) is 11.8. The van der Waals surface area contributed by atoms with Gasteiger partial charge in [0.1, 0.15) is 0 Å². The van der Waals surface area contributed by atoms with Gasteiger partial charge in [-0.3, -0.25) is 9.59 Å². The highest BCUT2D eigenvalue weighted by atomic mass is 16.5. The van der Waals surface area contributed by atoms with E-state index >= 15 is 0 Å². The third kappa shape index (κ3) is 3.85. The lowest BCUT2D eigenvalue weighted by atomic mass is 10.1. The lowest BCUT2D eigenvalue weighted by Gasteiger charge is -2.06. The van der Waals surface area contributed by atoms with Crippen molar-refractivity contribution in [2.75, 3.05) is 11.9 Å². The van der Waals surface area contributed by atoms with Crippen molar-refractivity contribution < 1.29 is 14.3 Å². The molecule has 0 unspecified atom stereocenters. The summed E-state index contributed by atoms with van der Waals surface area (Å²) in [6, 6.07) is 6.70. The number of carbonyl (C=O) groups is 2. The highest BCUT2D eigenvalue weighted by Crippen LogP contribution is 2.11. The Kier molecular flexibility index (Phi) is 4.61. The Morgan fingerprint density at radius 2 is 1.67 bits per heavy atom. The number of amides is 1. The number of hydrogen-bond donors (Lipinski definition) is 1. The van der Waals surface area contributed by atoms with Crippen molar-refractivity contribution in [1.29, 1.82) is 0 Å². The van der Waals surface area contributed by atoms with Gasteiger partial charge < -0.3 is 10.1 Å². The summed E-state index contributed by atoms with van der Waals surface area (Å²) in [5.41, 5.74) is 1.49. The van der Waals surface area contributed by atoms with E-state index in [1.807, 2.05) is 6.92 Å². The van der Waals surface area contributed by atoms with Crippen LogP contribution in [0.2, 0.25) is 0 Å². The minimum absolute atomic E-state index is 0.0399. The zero-order valence-corrected chi connectivity index (χ0v) is 11.8. The van der Waals surface area contributed by atoms with E-state index in [0.717, 1.165) is 0 Å². The van der Waals surface area contributed by atoms with Crippen LogP contribution in [0.4, 0.5) is 5.69 Å². The number of benzene rings is 1. The van der Waals surface area contributed by atoms with Gasteiger partial charge in [-0.15, -0.1) is 0 Å².